The Bertz CT molecular complexity index is 2480. The Morgan fingerprint density at radius 1 is 0.411 bits per heavy atom. The molecule has 3 heterocycles. The van der Waals surface area contributed by atoms with Crippen molar-refractivity contribution in [3.05, 3.63) is 124 Å². The standard InChI is InChI=1S/C52H61BN2S/c1-48(2,3)32-16-21-36(22-17-32)54-42-25-20-34(50(7,8)9)26-40(42)53-41-29-38-39(52(13,14)15)31-56-46(38)30-43(41)55(37-23-18-33(19-24-37)49(4,5)6)45-28-35(51(10,11)12)27-44(54)47(45)53/h16-31H,1-15H3. The summed E-state index contributed by atoms with van der Waals surface area (Å²) < 4.78 is 1.35. The van der Waals surface area contributed by atoms with Gasteiger partial charge in [0.2, 0.25) is 0 Å². The van der Waals surface area contributed by atoms with Crippen molar-refractivity contribution in [3.63, 3.8) is 0 Å². The summed E-state index contributed by atoms with van der Waals surface area (Å²) in [7, 11) is 0. The largest absolute Gasteiger partial charge is 0.311 e. The maximum absolute atomic E-state index is 2.60. The zero-order valence-electron chi connectivity index (χ0n) is 36.6. The molecule has 1 aromatic heterocycles. The molecule has 0 saturated carbocycles. The average molecular weight is 757 g/mol. The van der Waals surface area contributed by atoms with Crippen LogP contribution >= 0.6 is 11.3 Å². The normalized spacial score (nSPS) is 14.6. The first-order valence-corrected chi connectivity index (χ1v) is 21.5. The molecule has 0 bridgehead atoms. The molecule has 6 aromatic rings. The molecule has 8 rings (SSSR count). The number of anilines is 6. The first-order chi connectivity index (χ1) is 25.9. The van der Waals surface area contributed by atoms with E-state index >= 15 is 0 Å². The fourth-order valence-corrected chi connectivity index (χ4v) is 9.98. The van der Waals surface area contributed by atoms with E-state index in [2.05, 4.69) is 210 Å². The smallest absolute Gasteiger partial charge is 0.252 e. The molecule has 0 amide bonds. The number of fused-ring (bicyclic) bond motifs is 5. The van der Waals surface area contributed by atoms with Crippen LogP contribution in [0.4, 0.5) is 34.1 Å². The Morgan fingerprint density at radius 2 is 0.857 bits per heavy atom. The van der Waals surface area contributed by atoms with Crippen molar-refractivity contribution < 1.29 is 0 Å². The van der Waals surface area contributed by atoms with E-state index < -0.39 is 0 Å². The van der Waals surface area contributed by atoms with Crippen LogP contribution in [0.2, 0.25) is 0 Å². The molecule has 0 fully saturated rings. The molecule has 2 nitrogen and oxygen atoms in total. The van der Waals surface area contributed by atoms with Crippen LogP contribution in [-0.2, 0) is 27.1 Å². The fraction of sp³-hybridized carbons (Fsp3) is 0.385. The third-order valence-corrected chi connectivity index (χ3v) is 13.2. The van der Waals surface area contributed by atoms with Gasteiger partial charge < -0.3 is 9.80 Å². The van der Waals surface area contributed by atoms with Gasteiger partial charge in [0.05, 0.1) is 0 Å². The number of hydrogen-bond acceptors (Lipinski definition) is 3. The monoisotopic (exact) mass is 756 g/mol. The average Bonchev–Trinajstić information content (AvgIpc) is 3.53. The second kappa shape index (κ2) is 12.6. The zero-order valence-corrected chi connectivity index (χ0v) is 37.4. The van der Waals surface area contributed by atoms with Gasteiger partial charge in [-0.2, -0.15) is 0 Å². The first kappa shape index (κ1) is 38.6. The topological polar surface area (TPSA) is 6.48 Å². The molecule has 56 heavy (non-hydrogen) atoms. The number of rotatable bonds is 2. The van der Waals surface area contributed by atoms with E-state index in [4.69, 9.17) is 0 Å². The van der Waals surface area contributed by atoms with E-state index in [9.17, 15) is 0 Å². The summed E-state index contributed by atoms with van der Waals surface area (Å²) in [5.74, 6) is 0. The van der Waals surface area contributed by atoms with E-state index in [1.165, 1.54) is 88.4 Å². The third-order valence-electron chi connectivity index (χ3n) is 12.3. The highest BCUT2D eigenvalue weighted by Gasteiger charge is 2.45. The lowest BCUT2D eigenvalue weighted by Gasteiger charge is -2.45. The Kier molecular flexibility index (Phi) is 8.69. The lowest BCUT2D eigenvalue weighted by molar-refractivity contribution is 0.589. The maximum Gasteiger partial charge on any atom is 0.252 e. The Hall–Kier alpha value is -4.28. The summed E-state index contributed by atoms with van der Waals surface area (Å²) in [5, 5.41) is 3.79. The van der Waals surface area contributed by atoms with Crippen molar-refractivity contribution >= 4 is 78.6 Å². The molecule has 0 radical (unpaired) electrons. The van der Waals surface area contributed by atoms with Crippen LogP contribution in [0.1, 0.15) is 132 Å². The second-order valence-corrected chi connectivity index (χ2v) is 22.6. The first-order valence-electron chi connectivity index (χ1n) is 20.6. The summed E-state index contributed by atoms with van der Waals surface area (Å²) in [6.45, 7) is 35.0. The van der Waals surface area contributed by atoms with E-state index in [1.54, 1.807) is 0 Å². The van der Waals surface area contributed by atoms with Gasteiger partial charge in [0.15, 0.2) is 0 Å². The minimum atomic E-state index is -0.0689. The Labute approximate surface area is 342 Å². The molecule has 4 heteroatoms. The number of benzene rings is 5. The van der Waals surface area contributed by atoms with Gasteiger partial charge in [-0.25, -0.2) is 0 Å². The molecule has 0 unspecified atom stereocenters. The minimum Gasteiger partial charge on any atom is -0.311 e. The molecular formula is C52H61BN2S. The van der Waals surface area contributed by atoms with Gasteiger partial charge in [-0.1, -0.05) is 146 Å². The van der Waals surface area contributed by atoms with Gasteiger partial charge in [-0.3, -0.25) is 0 Å². The van der Waals surface area contributed by atoms with E-state index in [0.29, 0.717) is 0 Å². The Balaban J connectivity index is 1.52. The van der Waals surface area contributed by atoms with Crippen molar-refractivity contribution in [2.75, 3.05) is 9.80 Å². The summed E-state index contributed by atoms with van der Waals surface area (Å²) >= 11 is 1.89. The van der Waals surface area contributed by atoms with Gasteiger partial charge in [0, 0.05) is 38.8 Å². The van der Waals surface area contributed by atoms with E-state index in [1.807, 2.05) is 11.3 Å². The SMILES string of the molecule is CC(C)(C)c1ccc(N2c3ccc(C(C)(C)C)cc3B3c4cc5c(C(C)(C)C)csc5cc4N(c4ccc(C(C)(C)C)cc4)c4cc(C(C)(C)C)cc2c43)cc1. The van der Waals surface area contributed by atoms with Gasteiger partial charge in [-0.05, 0) is 131 Å². The van der Waals surface area contributed by atoms with Crippen molar-refractivity contribution in [1.29, 1.82) is 0 Å². The molecule has 5 aromatic carbocycles. The molecule has 2 aliphatic rings. The molecule has 288 valence electrons. The molecule has 0 saturated heterocycles. The fourth-order valence-electron chi connectivity index (χ4n) is 8.78. The highest BCUT2D eigenvalue weighted by molar-refractivity contribution is 7.17. The highest BCUT2D eigenvalue weighted by Crippen LogP contribution is 2.48. The molecule has 2 aliphatic heterocycles. The number of nitrogens with zero attached hydrogens (tertiary/aromatic N) is 2. The van der Waals surface area contributed by atoms with Crippen molar-refractivity contribution in [3.8, 4) is 0 Å². The van der Waals surface area contributed by atoms with E-state index in [0.717, 1.165) is 0 Å². The van der Waals surface area contributed by atoms with Crippen LogP contribution in [0.15, 0.2) is 96.4 Å². The number of thiophene rings is 1. The zero-order chi connectivity index (χ0) is 40.5. The van der Waals surface area contributed by atoms with Gasteiger partial charge in [0.25, 0.3) is 6.71 Å². The summed E-state index contributed by atoms with van der Waals surface area (Å²) in [6.07, 6.45) is 0. The molecule has 0 N–H and O–H groups in total. The van der Waals surface area contributed by atoms with Crippen LogP contribution in [0, 0.1) is 0 Å². The van der Waals surface area contributed by atoms with Gasteiger partial charge in [-0.15, -0.1) is 11.3 Å². The van der Waals surface area contributed by atoms with Crippen molar-refractivity contribution in [1.82, 2.24) is 0 Å². The lowest BCUT2D eigenvalue weighted by Crippen LogP contribution is -2.61. The van der Waals surface area contributed by atoms with Crippen LogP contribution in [0.5, 0.6) is 0 Å². The predicted molar refractivity (Wildman–Crippen MR) is 249 cm³/mol. The van der Waals surface area contributed by atoms with Crippen LogP contribution in [0.3, 0.4) is 0 Å². The number of hydrogen-bond donors (Lipinski definition) is 0. The minimum absolute atomic E-state index is 0.00245. The summed E-state index contributed by atoms with van der Waals surface area (Å²) in [5.41, 5.74) is 18.6. The molecule has 0 spiro atoms. The Morgan fingerprint density at radius 3 is 1.32 bits per heavy atom. The molecular weight excluding hydrogens is 695 g/mol. The quantitative estimate of drug-likeness (QED) is 0.162. The van der Waals surface area contributed by atoms with Crippen molar-refractivity contribution in [2.24, 2.45) is 0 Å². The molecule has 0 atom stereocenters. The van der Waals surface area contributed by atoms with Crippen LogP contribution in [-0.4, -0.2) is 6.71 Å². The maximum atomic E-state index is 2.60. The van der Waals surface area contributed by atoms with Crippen LogP contribution in [0.25, 0.3) is 10.1 Å². The van der Waals surface area contributed by atoms with Crippen LogP contribution < -0.4 is 26.2 Å². The molecule has 0 aliphatic carbocycles. The van der Waals surface area contributed by atoms with Gasteiger partial charge in [0.1, 0.15) is 0 Å². The van der Waals surface area contributed by atoms with E-state index in [-0.39, 0.29) is 33.8 Å². The summed E-state index contributed by atoms with van der Waals surface area (Å²) in [4.78, 5) is 5.18. The predicted octanol–water partition coefficient (Wildman–Crippen LogP) is 13.5. The highest BCUT2D eigenvalue weighted by atomic mass is 32.1. The second-order valence-electron chi connectivity index (χ2n) is 21.7. The van der Waals surface area contributed by atoms with Crippen molar-refractivity contribution in [2.45, 2.75) is 131 Å². The third kappa shape index (κ3) is 6.41. The van der Waals surface area contributed by atoms with Gasteiger partial charge >= 0.3 is 0 Å². The summed E-state index contributed by atoms with van der Waals surface area (Å²) in [6, 6.07) is 36.2. The lowest BCUT2D eigenvalue weighted by atomic mass is 9.33.